The summed E-state index contributed by atoms with van der Waals surface area (Å²) in [5.41, 5.74) is 0.742. The maximum atomic E-state index is 10.2. The smallest absolute Gasteiger partial charge is 0.230 e. The largest absolute Gasteiger partial charge is 0.495 e. The number of nitrogens with zero attached hydrogens (tertiary/aromatic N) is 1. The zero-order chi connectivity index (χ0) is 20.7. The molecule has 2 aromatic heterocycles. The monoisotopic (exact) mass is 407 g/mol. The molecule has 0 radical (unpaired) electrons. The van der Waals surface area contributed by atoms with Gasteiger partial charge in [-0.1, -0.05) is 0 Å². The molecule has 1 aliphatic heterocycles. The lowest BCUT2D eigenvalue weighted by Gasteiger charge is -2.39. The van der Waals surface area contributed by atoms with Gasteiger partial charge in [-0.15, -0.1) is 0 Å². The van der Waals surface area contributed by atoms with E-state index < -0.39 is 37.3 Å². The number of pyridine rings is 1. The van der Waals surface area contributed by atoms with Gasteiger partial charge in [0.15, 0.2) is 11.5 Å². The minimum absolute atomic E-state index is 0.171. The van der Waals surface area contributed by atoms with Gasteiger partial charge in [0.05, 0.1) is 32.5 Å². The molecule has 1 aliphatic rings. The van der Waals surface area contributed by atoms with Gasteiger partial charge < -0.3 is 43.8 Å². The van der Waals surface area contributed by atoms with Crippen molar-refractivity contribution >= 4 is 22.0 Å². The number of aliphatic hydroxyl groups is 4. The van der Waals surface area contributed by atoms with Crippen molar-refractivity contribution in [1.82, 2.24) is 4.98 Å². The van der Waals surface area contributed by atoms with Gasteiger partial charge in [0.2, 0.25) is 12.0 Å². The van der Waals surface area contributed by atoms with Gasteiger partial charge in [-0.3, -0.25) is 0 Å². The molecule has 3 heterocycles. The lowest BCUT2D eigenvalue weighted by molar-refractivity contribution is -0.277. The first-order chi connectivity index (χ1) is 14.0. The summed E-state index contributed by atoms with van der Waals surface area (Å²) in [5.74, 6) is 0.956. The molecule has 0 amide bonds. The van der Waals surface area contributed by atoms with E-state index in [-0.39, 0.29) is 11.5 Å². The first-order valence-electron chi connectivity index (χ1n) is 8.89. The fourth-order valence-electron chi connectivity index (χ4n) is 3.45. The van der Waals surface area contributed by atoms with Crippen LogP contribution in [0.2, 0.25) is 0 Å². The zero-order valence-corrected chi connectivity index (χ0v) is 15.7. The molecule has 0 bridgehead atoms. The fraction of sp³-hybridized carbons (Fsp3) is 0.421. The number of benzene rings is 1. The van der Waals surface area contributed by atoms with E-state index in [0.29, 0.717) is 27.8 Å². The average Bonchev–Trinajstić information content (AvgIpc) is 3.20. The third-order valence-electron chi connectivity index (χ3n) is 4.94. The Balaban J connectivity index is 1.77. The third kappa shape index (κ3) is 3.15. The highest BCUT2D eigenvalue weighted by molar-refractivity contribution is 6.02. The number of aromatic nitrogens is 1. The van der Waals surface area contributed by atoms with Gasteiger partial charge >= 0.3 is 0 Å². The minimum atomic E-state index is -1.56. The minimum Gasteiger partial charge on any atom is -0.495 e. The lowest BCUT2D eigenvalue weighted by atomic mass is 9.99. The topological polar surface area (TPSA) is 144 Å². The Morgan fingerprint density at radius 3 is 2.41 bits per heavy atom. The molecule has 4 N–H and O–H groups in total. The van der Waals surface area contributed by atoms with Crippen LogP contribution in [0.4, 0.5) is 0 Å². The van der Waals surface area contributed by atoms with Crippen molar-refractivity contribution in [3.05, 3.63) is 24.5 Å². The molecular formula is C19H21NO9. The Kier molecular flexibility index (Phi) is 5.19. The molecule has 1 saturated heterocycles. The number of rotatable bonds is 5. The van der Waals surface area contributed by atoms with Crippen molar-refractivity contribution in [2.24, 2.45) is 0 Å². The molecule has 0 saturated carbocycles. The average molecular weight is 407 g/mol. The molecule has 10 heteroatoms. The van der Waals surface area contributed by atoms with E-state index in [9.17, 15) is 20.4 Å². The molecule has 156 valence electrons. The molecule has 10 nitrogen and oxygen atoms in total. The molecule has 3 aromatic rings. The van der Waals surface area contributed by atoms with E-state index in [4.69, 9.17) is 23.4 Å². The predicted octanol–water partition coefficient (Wildman–Crippen LogP) is 0.177. The van der Waals surface area contributed by atoms with Crippen molar-refractivity contribution in [3.63, 3.8) is 0 Å². The molecule has 0 spiro atoms. The Morgan fingerprint density at radius 1 is 0.966 bits per heavy atom. The van der Waals surface area contributed by atoms with Gasteiger partial charge in [-0.25, -0.2) is 4.98 Å². The van der Waals surface area contributed by atoms with Crippen molar-refractivity contribution < 1.29 is 43.8 Å². The number of fused-ring (bicyclic) bond motifs is 2. The first kappa shape index (κ1) is 19.7. The summed E-state index contributed by atoms with van der Waals surface area (Å²) in [6.07, 6.45) is -5.54. The summed E-state index contributed by atoms with van der Waals surface area (Å²) < 4.78 is 27.5. The van der Waals surface area contributed by atoms with E-state index in [1.54, 1.807) is 18.2 Å². The summed E-state index contributed by atoms with van der Waals surface area (Å²) in [5, 5.41) is 40.8. The van der Waals surface area contributed by atoms with Crippen molar-refractivity contribution in [1.29, 1.82) is 0 Å². The zero-order valence-electron chi connectivity index (χ0n) is 15.7. The number of aliphatic hydroxyl groups excluding tert-OH is 4. The highest BCUT2D eigenvalue weighted by atomic mass is 16.7. The second kappa shape index (κ2) is 7.65. The molecule has 0 unspecified atom stereocenters. The number of ether oxygens (including phenoxy) is 4. The molecule has 0 aliphatic carbocycles. The van der Waals surface area contributed by atoms with E-state index in [2.05, 4.69) is 4.98 Å². The van der Waals surface area contributed by atoms with E-state index in [1.165, 1.54) is 20.5 Å². The van der Waals surface area contributed by atoms with Crippen LogP contribution in [0.5, 0.6) is 17.2 Å². The Hall–Kier alpha value is -2.63. The third-order valence-corrected chi connectivity index (χ3v) is 4.94. The first-order valence-corrected chi connectivity index (χ1v) is 8.89. The van der Waals surface area contributed by atoms with Gasteiger partial charge in [0.25, 0.3) is 0 Å². The molecule has 4 rings (SSSR count). The number of hydrogen-bond acceptors (Lipinski definition) is 10. The van der Waals surface area contributed by atoms with E-state index in [0.717, 1.165) is 0 Å². The molecule has 1 fully saturated rings. The van der Waals surface area contributed by atoms with Crippen LogP contribution in [-0.4, -0.2) is 76.9 Å². The Morgan fingerprint density at radius 2 is 1.72 bits per heavy atom. The van der Waals surface area contributed by atoms with Crippen LogP contribution in [0.15, 0.2) is 28.9 Å². The predicted molar refractivity (Wildman–Crippen MR) is 99.0 cm³/mol. The number of hydrogen-bond donors (Lipinski definition) is 4. The summed E-state index contributed by atoms with van der Waals surface area (Å²) in [6.45, 7) is -0.561. The van der Waals surface area contributed by atoms with Crippen LogP contribution < -0.4 is 14.2 Å². The van der Waals surface area contributed by atoms with Crippen LogP contribution >= 0.6 is 0 Å². The van der Waals surface area contributed by atoms with Crippen molar-refractivity contribution in [2.75, 3.05) is 20.8 Å². The van der Waals surface area contributed by atoms with Crippen LogP contribution in [-0.2, 0) is 4.74 Å². The SMILES string of the molecule is COc1c2ccoc2nc2c(OC)c(O[C@@H]3O[C@H](CO)[C@@H](O)[C@H](O)[C@H]3O)ccc12. The molecule has 1 aromatic carbocycles. The molecule has 5 atom stereocenters. The van der Waals surface area contributed by atoms with Gasteiger partial charge in [-0.05, 0) is 18.2 Å². The molecular weight excluding hydrogens is 386 g/mol. The van der Waals surface area contributed by atoms with E-state index >= 15 is 0 Å². The fourth-order valence-corrected chi connectivity index (χ4v) is 3.45. The van der Waals surface area contributed by atoms with Crippen LogP contribution in [0.3, 0.4) is 0 Å². The maximum absolute atomic E-state index is 10.2. The lowest BCUT2D eigenvalue weighted by Crippen LogP contribution is -2.60. The maximum Gasteiger partial charge on any atom is 0.230 e. The van der Waals surface area contributed by atoms with Gasteiger partial charge in [0.1, 0.15) is 35.7 Å². The number of furan rings is 1. The van der Waals surface area contributed by atoms with Crippen molar-refractivity contribution in [2.45, 2.75) is 30.7 Å². The quantitative estimate of drug-likeness (QED) is 0.462. The summed E-state index contributed by atoms with van der Waals surface area (Å²) in [4.78, 5) is 4.46. The summed E-state index contributed by atoms with van der Waals surface area (Å²) >= 11 is 0. The second-order valence-electron chi connectivity index (χ2n) is 6.59. The standard InChI is InChI=1S/C19H21NO9/c1-25-16-8-3-4-10(17(26-2)12(8)20-18-9(16)5-6-27-18)28-19-15(24)14(23)13(22)11(7-21)29-19/h3-6,11,13-15,19,21-24H,7H2,1-2H3/t11-,13-,14+,15-,19-/m1/s1. The van der Waals surface area contributed by atoms with Crippen LogP contribution in [0.25, 0.3) is 22.0 Å². The van der Waals surface area contributed by atoms with Crippen LogP contribution in [0.1, 0.15) is 0 Å². The Bertz CT molecular complexity index is 1020. The van der Waals surface area contributed by atoms with Crippen LogP contribution in [0, 0.1) is 0 Å². The van der Waals surface area contributed by atoms with Crippen molar-refractivity contribution in [3.8, 4) is 17.2 Å². The highest BCUT2D eigenvalue weighted by Crippen LogP contribution is 2.42. The summed E-state index contributed by atoms with van der Waals surface area (Å²) in [6, 6.07) is 5.03. The Labute approximate surface area is 164 Å². The van der Waals surface area contributed by atoms with Gasteiger partial charge in [-0.2, -0.15) is 0 Å². The summed E-state index contributed by atoms with van der Waals surface area (Å²) in [7, 11) is 2.96. The molecule has 29 heavy (non-hydrogen) atoms. The second-order valence-corrected chi connectivity index (χ2v) is 6.59. The normalized spacial score (nSPS) is 27.3. The highest BCUT2D eigenvalue weighted by Gasteiger charge is 2.45. The van der Waals surface area contributed by atoms with Gasteiger partial charge in [0, 0.05) is 5.39 Å². The number of methoxy groups -OCH3 is 2. The van der Waals surface area contributed by atoms with E-state index in [1.807, 2.05) is 0 Å².